The van der Waals surface area contributed by atoms with Crippen LogP contribution in [0.2, 0.25) is 0 Å². The Bertz CT molecular complexity index is 781. The molecule has 1 aliphatic heterocycles. The van der Waals surface area contributed by atoms with Crippen LogP contribution >= 0.6 is 11.3 Å². The molecular weight excluding hydrogens is 268 g/mol. The molecule has 1 unspecified atom stereocenters. The maximum Gasteiger partial charge on any atom is 0.123 e. The van der Waals surface area contributed by atoms with E-state index in [0.29, 0.717) is 5.92 Å². The van der Waals surface area contributed by atoms with E-state index in [2.05, 4.69) is 12.1 Å². The number of nitrogens with two attached hydrogens (primary N) is 1. The van der Waals surface area contributed by atoms with E-state index in [4.69, 9.17) is 15.5 Å². The summed E-state index contributed by atoms with van der Waals surface area (Å²) in [6.07, 6.45) is 0.978. The molecule has 2 heterocycles. The van der Waals surface area contributed by atoms with Gasteiger partial charge < -0.3 is 10.5 Å². The van der Waals surface area contributed by atoms with Gasteiger partial charge in [0.1, 0.15) is 10.8 Å². The van der Waals surface area contributed by atoms with Crippen molar-refractivity contribution in [3.63, 3.8) is 0 Å². The molecule has 0 bridgehead atoms. The molecule has 1 atom stereocenters. The molecule has 0 spiro atoms. The third-order valence-corrected chi connectivity index (χ3v) is 4.82. The molecule has 1 aromatic heterocycles. The number of nitrogens with zero attached hydrogens (tertiary/aromatic N) is 1. The first-order valence-electron chi connectivity index (χ1n) is 6.69. The van der Waals surface area contributed by atoms with Crippen LogP contribution in [0.3, 0.4) is 0 Å². The summed E-state index contributed by atoms with van der Waals surface area (Å²) in [4.78, 5) is 4.78. The Kier molecular flexibility index (Phi) is 2.63. The van der Waals surface area contributed by atoms with Crippen molar-refractivity contribution >= 4 is 27.2 Å². The van der Waals surface area contributed by atoms with Crippen LogP contribution < -0.4 is 10.5 Å². The molecule has 0 fully saturated rings. The van der Waals surface area contributed by atoms with Crippen molar-refractivity contribution in [2.24, 2.45) is 0 Å². The summed E-state index contributed by atoms with van der Waals surface area (Å²) in [5, 5.41) is 1.15. The van der Waals surface area contributed by atoms with Crippen LogP contribution in [0.5, 0.6) is 5.75 Å². The van der Waals surface area contributed by atoms with Crippen LogP contribution in [0.1, 0.15) is 22.9 Å². The number of benzene rings is 2. The van der Waals surface area contributed by atoms with Crippen LogP contribution in [0.15, 0.2) is 42.5 Å². The highest BCUT2D eigenvalue weighted by molar-refractivity contribution is 7.18. The Morgan fingerprint density at radius 1 is 1.20 bits per heavy atom. The molecule has 4 heteroatoms. The van der Waals surface area contributed by atoms with Gasteiger partial charge in [0.2, 0.25) is 0 Å². The first kappa shape index (κ1) is 11.7. The molecule has 0 radical (unpaired) electrons. The van der Waals surface area contributed by atoms with Crippen molar-refractivity contribution in [2.45, 2.75) is 12.3 Å². The Balaban J connectivity index is 1.84. The molecule has 0 saturated heterocycles. The third kappa shape index (κ3) is 1.84. The van der Waals surface area contributed by atoms with Crippen LogP contribution in [0.4, 0.5) is 5.69 Å². The van der Waals surface area contributed by atoms with Gasteiger partial charge in [-0.1, -0.05) is 18.2 Å². The van der Waals surface area contributed by atoms with Crippen molar-refractivity contribution in [3.8, 4) is 5.75 Å². The number of hydrogen-bond donors (Lipinski definition) is 1. The molecular formula is C16H14N2OS. The molecule has 1 aliphatic rings. The molecule has 4 rings (SSSR count). The lowest BCUT2D eigenvalue weighted by Crippen LogP contribution is -2.14. The Hall–Kier alpha value is -2.07. The Morgan fingerprint density at radius 2 is 2.10 bits per heavy atom. The second-order valence-corrected chi connectivity index (χ2v) is 6.07. The zero-order valence-electron chi connectivity index (χ0n) is 10.9. The number of hydrogen-bond acceptors (Lipinski definition) is 4. The number of thiazole rings is 1. The predicted molar refractivity (Wildman–Crippen MR) is 82.4 cm³/mol. The van der Waals surface area contributed by atoms with E-state index < -0.39 is 0 Å². The molecule has 0 saturated carbocycles. The lowest BCUT2D eigenvalue weighted by Gasteiger charge is -2.24. The van der Waals surface area contributed by atoms with E-state index in [0.717, 1.165) is 39.7 Å². The normalized spacial score (nSPS) is 17.7. The van der Waals surface area contributed by atoms with Crippen molar-refractivity contribution in [1.29, 1.82) is 0 Å². The molecule has 100 valence electrons. The lowest BCUT2D eigenvalue weighted by molar-refractivity contribution is 0.277. The molecule has 3 nitrogen and oxygen atoms in total. The minimum atomic E-state index is 0.332. The lowest BCUT2D eigenvalue weighted by atomic mass is 9.94. The highest BCUT2D eigenvalue weighted by Gasteiger charge is 2.25. The van der Waals surface area contributed by atoms with E-state index in [1.807, 2.05) is 30.3 Å². The quantitative estimate of drug-likeness (QED) is 0.691. The van der Waals surface area contributed by atoms with Gasteiger partial charge in [0, 0.05) is 17.2 Å². The molecule has 0 aliphatic carbocycles. The number of ether oxygens (including phenoxy) is 1. The predicted octanol–water partition coefficient (Wildman–Crippen LogP) is 3.79. The average Bonchev–Trinajstić information content (AvgIpc) is 2.89. The van der Waals surface area contributed by atoms with Crippen molar-refractivity contribution in [2.75, 3.05) is 12.3 Å². The molecule has 2 aromatic carbocycles. The first-order valence-corrected chi connectivity index (χ1v) is 7.50. The Labute approximate surface area is 121 Å². The maximum atomic E-state index is 5.85. The summed E-state index contributed by atoms with van der Waals surface area (Å²) in [7, 11) is 0. The summed E-state index contributed by atoms with van der Waals surface area (Å²) in [6.45, 7) is 0.750. The van der Waals surface area contributed by atoms with Gasteiger partial charge in [-0.15, -0.1) is 11.3 Å². The van der Waals surface area contributed by atoms with Crippen molar-refractivity contribution < 1.29 is 4.74 Å². The van der Waals surface area contributed by atoms with Gasteiger partial charge in [0.25, 0.3) is 0 Å². The van der Waals surface area contributed by atoms with Crippen LogP contribution in [0, 0.1) is 0 Å². The van der Waals surface area contributed by atoms with Crippen LogP contribution in [-0.4, -0.2) is 11.6 Å². The Morgan fingerprint density at radius 3 is 3.05 bits per heavy atom. The second kappa shape index (κ2) is 4.49. The largest absolute Gasteiger partial charge is 0.493 e. The number of aromatic nitrogens is 1. The van der Waals surface area contributed by atoms with Crippen molar-refractivity contribution in [3.05, 3.63) is 53.0 Å². The van der Waals surface area contributed by atoms with E-state index >= 15 is 0 Å². The summed E-state index contributed by atoms with van der Waals surface area (Å²) in [5.74, 6) is 1.32. The second-order valence-electron chi connectivity index (χ2n) is 5.01. The highest BCUT2D eigenvalue weighted by Crippen LogP contribution is 2.40. The van der Waals surface area contributed by atoms with E-state index in [1.165, 1.54) is 5.56 Å². The topological polar surface area (TPSA) is 48.1 Å². The number of fused-ring (bicyclic) bond motifs is 2. The fraction of sp³-hybridized carbons (Fsp3) is 0.188. The summed E-state index contributed by atoms with van der Waals surface area (Å²) < 4.78 is 6.88. The minimum absolute atomic E-state index is 0.332. The zero-order chi connectivity index (χ0) is 13.5. The molecule has 0 amide bonds. The summed E-state index contributed by atoms with van der Waals surface area (Å²) in [6, 6.07) is 14.2. The SMILES string of the molecule is Nc1ccc2nc(C3CCOc4ccccc43)sc2c1. The molecule has 20 heavy (non-hydrogen) atoms. The number of anilines is 1. The molecule has 3 aromatic rings. The van der Waals surface area contributed by atoms with Gasteiger partial charge in [-0.2, -0.15) is 0 Å². The fourth-order valence-electron chi connectivity index (χ4n) is 2.71. The first-order chi connectivity index (χ1) is 9.81. The van der Waals surface area contributed by atoms with Gasteiger partial charge in [-0.25, -0.2) is 4.98 Å². The third-order valence-electron chi connectivity index (χ3n) is 3.69. The number of nitrogen functional groups attached to an aromatic ring is 1. The summed E-state index contributed by atoms with van der Waals surface area (Å²) >= 11 is 1.73. The standard InChI is InChI=1S/C16H14N2OS/c17-10-5-6-13-15(9-10)20-16(18-13)12-7-8-19-14-4-2-1-3-11(12)14/h1-6,9,12H,7-8,17H2. The van der Waals surface area contributed by atoms with Crippen LogP contribution in [-0.2, 0) is 0 Å². The van der Waals surface area contributed by atoms with Gasteiger partial charge in [0.15, 0.2) is 0 Å². The highest BCUT2D eigenvalue weighted by atomic mass is 32.1. The van der Waals surface area contributed by atoms with Gasteiger partial charge in [0.05, 0.1) is 16.8 Å². The van der Waals surface area contributed by atoms with Gasteiger partial charge in [-0.3, -0.25) is 0 Å². The fourth-order valence-corrected chi connectivity index (χ4v) is 3.88. The van der Waals surface area contributed by atoms with Gasteiger partial charge >= 0.3 is 0 Å². The number of para-hydroxylation sites is 1. The zero-order valence-corrected chi connectivity index (χ0v) is 11.7. The van der Waals surface area contributed by atoms with Crippen LogP contribution in [0.25, 0.3) is 10.2 Å². The van der Waals surface area contributed by atoms with E-state index in [-0.39, 0.29) is 0 Å². The maximum absolute atomic E-state index is 5.85. The van der Waals surface area contributed by atoms with E-state index in [9.17, 15) is 0 Å². The van der Waals surface area contributed by atoms with Gasteiger partial charge in [-0.05, 0) is 30.7 Å². The molecule has 2 N–H and O–H groups in total. The monoisotopic (exact) mass is 282 g/mol. The minimum Gasteiger partial charge on any atom is -0.493 e. The number of rotatable bonds is 1. The average molecular weight is 282 g/mol. The van der Waals surface area contributed by atoms with E-state index in [1.54, 1.807) is 11.3 Å². The van der Waals surface area contributed by atoms with Crippen molar-refractivity contribution in [1.82, 2.24) is 4.98 Å². The smallest absolute Gasteiger partial charge is 0.123 e. The summed E-state index contributed by atoms with van der Waals surface area (Å²) in [5.41, 5.74) is 8.91.